The van der Waals surface area contributed by atoms with Gasteiger partial charge in [0.2, 0.25) is 0 Å². The van der Waals surface area contributed by atoms with Gasteiger partial charge in [0, 0.05) is 18.7 Å². The average Bonchev–Trinajstić information content (AvgIpc) is 3.10. The van der Waals surface area contributed by atoms with Gasteiger partial charge in [-0.1, -0.05) is 69.2 Å². The predicted molar refractivity (Wildman–Crippen MR) is 135 cm³/mol. The number of hydrogen-bond acceptors (Lipinski definition) is 5. The third-order valence-electron chi connectivity index (χ3n) is 6.36. The molecule has 1 aliphatic heterocycles. The van der Waals surface area contributed by atoms with Gasteiger partial charge in [-0.15, -0.1) is 0 Å². The zero-order valence-corrected chi connectivity index (χ0v) is 20.7. The van der Waals surface area contributed by atoms with Crippen molar-refractivity contribution in [2.24, 2.45) is 0 Å². The first-order valence-corrected chi connectivity index (χ1v) is 12.2. The molecular formula is C28H36N2O4. The van der Waals surface area contributed by atoms with Crippen LogP contribution in [0.1, 0.15) is 56.3 Å². The fraction of sp³-hybridized carbons (Fsp3) is 0.429. The first-order valence-electron chi connectivity index (χ1n) is 12.2. The van der Waals surface area contributed by atoms with Crippen LogP contribution in [-0.2, 0) is 9.59 Å². The van der Waals surface area contributed by atoms with E-state index in [4.69, 9.17) is 4.74 Å². The normalized spacial score (nSPS) is 17.6. The van der Waals surface area contributed by atoms with E-state index in [-0.39, 0.29) is 11.3 Å². The number of ether oxygens (including phenoxy) is 1. The Bertz CT molecular complexity index is 1020. The van der Waals surface area contributed by atoms with E-state index >= 15 is 0 Å². The number of amides is 1. The van der Waals surface area contributed by atoms with Gasteiger partial charge in [0.05, 0.1) is 18.2 Å². The summed E-state index contributed by atoms with van der Waals surface area (Å²) in [5.41, 5.74) is 2.48. The molecule has 0 aliphatic carbocycles. The lowest BCUT2D eigenvalue weighted by molar-refractivity contribution is -0.140. The van der Waals surface area contributed by atoms with Crippen molar-refractivity contribution in [1.29, 1.82) is 0 Å². The quantitative estimate of drug-likeness (QED) is 0.221. The van der Waals surface area contributed by atoms with Crippen LogP contribution in [0, 0.1) is 6.92 Å². The molecule has 0 spiro atoms. The predicted octanol–water partition coefficient (Wildman–Crippen LogP) is 4.94. The maximum absolute atomic E-state index is 13.2. The van der Waals surface area contributed by atoms with Crippen molar-refractivity contribution in [2.45, 2.75) is 46.6 Å². The second-order valence-electron chi connectivity index (χ2n) is 8.66. The van der Waals surface area contributed by atoms with Gasteiger partial charge < -0.3 is 19.6 Å². The van der Waals surface area contributed by atoms with Crippen LogP contribution in [0.5, 0.6) is 5.75 Å². The van der Waals surface area contributed by atoms with Gasteiger partial charge in [0.15, 0.2) is 0 Å². The van der Waals surface area contributed by atoms with E-state index in [1.54, 1.807) is 23.1 Å². The highest BCUT2D eigenvalue weighted by Gasteiger charge is 2.45. The molecule has 1 amide bonds. The van der Waals surface area contributed by atoms with Crippen LogP contribution in [0.3, 0.4) is 0 Å². The standard InChI is InChI=1S/C28H36N2O4/c1-5-8-18-34-23-11-9-10-22(19-23)26(31)24-25(21-14-12-20(4)13-15-21)30(28(33)27(24)32)17-16-29(6-2)7-3/h9-15,19,25,31H,5-8,16-18H2,1-4H3/b26-24+. The van der Waals surface area contributed by atoms with Gasteiger partial charge in [-0.05, 0) is 44.1 Å². The molecule has 6 heteroatoms. The molecule has 1 atom stereocenters. The highest BCUT2D eigenvalue weighted by Crippen LogP contribution is 2.39. The van der Waals surface area contributed by atoms with Gasteiger partial charge in [-0.3, -0.25) is 9.59 Å². The zero-order valence-electron chi connectivity index (χ0n) is 20.7. The largest absolute Gasteiger partial charge is 0.507 e. The van der Waals surface area contributed by atoms with Crippen molar-refractivity contribution in [3.8, 4) is 5.75 Å². The SMILES string of the molecule is CCCCOc1cccc(/C(O)=C2\C(=O)C(=O)N(CCN(CC)CC)C2c2ccc(C)cc2)c1. The molecule has 0 bridgehead atoms. The molecule has 1 N–H and O–H groups in total. The van der Waals surface area contributed by atoms with Crippen LogP contribution in [0.15, 0.2) is 54.1 Å². The van der Waals surface area contributed by atoms with Crippen LogP contribution in [-0.4, -0.2) is 59.4 Å². The number of carbonyl (C=O) groups excluding carboxylic acids is 2. The van der Waals surface area contributed by atoms with E-state index in [1.807, 2.05) is 37.3 Å². The molecule has 1 aliphatic rings. The molecule has 3 rings (SSSR count). The monoisotopic (exact) mass is 464 g/mol. The van der Waals surface area contributed by atoms with Crippen LogP contribution in [0.2, 0.25) is 0 Å². The number of aliphatic hydroxyl groups is 1. The molecule has 182 valence electrons. The van der Waals surface area contributed by atoms with Crippen LogP contribution in [0.25, 0.3) is 5.76 Å². The van der Waals surface area contributed by atoms with Crippen molar-refractivity contribution in [1.82, 2.24) is 9.80 Å². The molecule has 6 nitrogen and oxygen atoms in total. The summed E-state index contributed by atoms with van der Waals surface area (Å²) in [5.74, 6) is -0.773. The smallest absolute Gasteiger partial charge is 0.295 e. The summed E-state index contributed by atoms with van der Waals surface area (Å²) in [5, 5.41) is 11.3. The molecule has 1 unspecified atom stereocenters. The Kier molecular flexibility index (Phi) is 8.88. The number of Topliss-reactive ketones (excluding diaryl/α,β-unsaturated/α-hetero) is 1. The van der Waals surface area contributed by atoms with Crippen LogP contribution in [0.4, 0.5) is 0 Å². The van der Waals surface area contributed by atoms with Crippen molar-refractivity contribution >= 4 is 17.4 Å². The Morgan fingerprint density at radius 1 is 1.06 bits per heavy atom. The van der Waals surface area contributed by atoms with Gasteiger partial charge in [0.25, 0.3) is 11.7 Å². The summed E-state index contributed by atoms with van der Waals surface area (Å²) < 4.78 is 5.78. The van der Waals surface area contributed by atoms with E-state index in [0.717, 1.165) is 37.1 Å². The second-order valence-corrected chi connectivity index (χ2v) is 8.66. The molecule has 34 heavy (non-hydrogen) atoms. The highest BCUT2D eigenvalue weighted by atomic mass is 16.5. The lowest BCUT2D eigenvalue weighted by Gasteiger charge is -2.28. The summed E-state index contributed by atoms with van der Waals surface area (Å²) in [6.07, 6.45) is 1.95. The maximum Gasteiger partial charge on any atom is 0.295 e. The average molecular weight is 465 g/mol. The maximum atomic E-state index is 13.2. The molecular weight excluding hydrogens is 428 g/mol. The third kappa shape index (κ3) is 5.68. The van der Waals surface area contributed by atoms with E-state index in [9.17, 15) is 14.7 Å². The molecule has 1 heterocycles. The lowest BCUT2D eigenvalue weighted by Crippen LogP contribution is -2.38. The molecule has 2 aromatic carbocycles. The second kappa shape index (κ2) is 11.8. The number of rotatable bonds is 11. The van der Waals surface area contributed by atoms with E-state index in [2.05, 4.69) is 25.7 Å². The van der Waals surface area contributed by atoms with Crippen molar-refractivity contribution < 1.29 is 19.4 Å². The third-order valence-corrected chi connectivity index (χ3v) is 6.36. The summed E-state index contributed by atoms with van der Waals surface area (Å²) in [6, 6.07) is 14.2. The Morgan fingerprint density at radius 3 is 2.41 bits per heavy atom. The van der Waals surface area contributed by atoms with Crippen molar-refractivity contribution in [3.05, 3.63) is 70.8 Å². The van der Waals surface area contributed by atoms with Gasteiger partial charge >= 0.3 is 0 Å². The number of nitrogens with zero attached hydrogens (tertiary/aromatic N) is 2. The minimum atomic E-state index is -0.653. The number of unbranched alkanes of at least 4 members (excludes halogenated alkanes) is 1. The fourth-order valence-electron chi connectivity index (χ4n) is 4.22. The Morgan fingerprint density at radius 2 is 1.76 bits per heavy atom. The van der Waals surface area contributed by atoms with Gasteiger partial charge in [-0.25, -0.2) is 0 Å². The van der Waals surface area contributed by atoms with Crippen molar-refractivity contribution in [2.75, 3.05) is 32.8 Å². The molecule has 1 fully saturated rings. The van der Waals surface area contributed by atoms with E-state index in [0.29, 0.717) is 31.0 Å². The summed E-state index contributed by atoms with van der Waals surface area (Å²) >= 11 is 0. The van der Waals surface area contributed by atoms with Crippen molar-refractivity contribution in [3.63, 3.8) is 0 Å². The first kappa shape index (κ1) is 25.5. The number of aryl methyl sites for hydroxylation is 1. The van der Waals surface area contributed by atoms with Gasteiger partial charge in [-0.2, -0.15) is 0 Å². The molecule has 2 aromatic rings. The minimum Gasteiger partial charge on any atom is -0.507 e. The fourth-order valence-corrected chi connectivity index (χ4v) is 4.22. The Labute approximate surface area is 202 Å². The Hall–Kier alpha value is -3.12. The number of hydrogen-bond donors (Lipinski definition) is 1. The van der Waals surface area contributed by atoms with E-state index < -0.39 is 17.7 Å². The number of aliphatic hydroxyl groups excluding tert-OH is 1. The summed E-state index contributed by atoms with van der Waals surface area (Å²) in [6.45, 7) is 11.6. The van der Waals surface area contributed by atoms with Crippen LogP contribution < -0.4 is 4.74 Å². The lowest BCUT2D eigenvalue weighted by atomic mass is 9.94. The zero-order chi connectivity index (χ0) is 24.7. The highest BCUT2D eigenvalue weighted by molar-refractivity contribution is 6.46. The van der Waals surface area contributed by atoms with Crippen LogP contribution >= 0.6 is 0 Å². The molecule has 1 saturated heterocycles. The number of carbonyl (C=O) groups is 2. The van der Waals surface area contributed by atoms with Gasteiger partial charge in [0.1, 0.15) is 11.5 Å². The number of likely N-dealkylation sites (tertiary alicyclic amines) is 1. The van der Waals surface area contributed by atoms with E-state index in [1.165, 1.54) is 0 Å². The summed E-state index contributed by atoms with van der Waals surface area (Å²) in [4.78, 5) is 30.1. The number of likely N-dealkylation sites (N-methyl/N-ethyl adjacent to an activating group) is 1. The molecule has 0 saturated carbocycles. The number of benzene rings is 2. The molecule has 0 radical (unpaired) electrons. The first-order chi connectivity index (χ1) is 16.4. The number of ketones is 1. The Balaban J connectivity index is 2.03. The molecule has 0 aromatic heterocycles. The minimum absolute atomic E-state index is 0.124. The topological polar surface area (TPSA) is 70.1 Å². The summed E-state index contributed by atoms with van der Waals surface area (Å²) in [7, 11) is 0.